The Labute approximate surface area is 101 Å². The number of hydrogen-bond donors (Lipinski definition) is 0. The van der Waals surface area contributed by atoms with Crippen LogP contribution in [-0.4, -0.2) is 12.0 Å². The summed E-state index contributed by atoms with van der Waals surface area (Å²) in [5, 5.41) is 3.04. The van der Waals surface area contributed by atoms with Crippen molar-refractivity contribution in [3.63, 3.8) is 0 Å². The summed E-state index contributed by atoms with van der Waals surface area (Å²) in [6, 6.07) is 4.43. The molecule has 0 bridgehead atoms. The maximum atomic E-state index is 4.34. The van der Waals surface area contributed by atoms with Crippen LogP contribution >= 0.6 is 11.3 Å². The Hall–Kier alpha value is -1.35. The maximum Gasteiger partial charge on any atom is 0.189 e. The first-order valence-corrected chi connectivity index (χ1v) is 6.18. The monoisotopic (exact) mass is 232 g/mol. The second-order valence-electron chi connectivity index (χ2n) is 4.12. The van der Waals surface area contributed by atoms with Crippen LogP contribution in [0.1, 0.15) is 16.7 Å². The van der Waals surface area contributed by atoms with Gasteiger partial charge in [-0.1, -0.05) is 17.7 Å². The van der Waals surface area contributed by atoms with Gasteiger partial charge in [-0.15, -0.1) is 11.3 Å². The number of benzene rings is 1. The second kappa shape index (κ2) is 4.26. The predicted molar refractivity (Wildman–Crippen MR) is 70.8 cm³/mol. The van der Waals surface area contributed by atoms with Crippen LogP contribution in [0.3, 0.4) is 0 Å². The van der Waals surface area contributed by atoms with Crippen molar-refractivity contribution in [2.45, 2.75) is 20.8 Å². The highest BCUT2D eigenvalue weighted by Gasteiger charge is 2.12. The second-order valence-corrected chi connectivity index (χ2v) is 4.99. The number of anilines is 2. The molecule has 0 saturated heterocycles. The zero-order valence-corrected chi connectivity index (χ0v) is 10.9. The third-order valence-electron chi connectivity index (χ3n) is 2.68. The van der Waals surface area contributed by atoms with Gasteiger partial charge in [0.2, 0.25) is 0 Å². The molecule has 0 fully saturated rings. The van der Waals surface area contributed by atoms with E-state index in [0.29, 0.717) is 0 Å². The predicted octanol–water partition coefficient (Wildman–Crippen LogP) is 3.84. The highest BCUT2D eigenvalue weighted by molar-refractivity contribution is 7.13. The van der Waals surface area contributed by atoms with Crippen molar-refractivity contribution in [2.75, 3.05) is 11.9 Å². The molecule has 3 heteroatoms. The van der Waals surface area contributed by atoms with Crippen LogP contribution in [0, 0.1) is 20.8 Å². The molecule has 0 saturated carbocycles. The van der Waals surface area contributed by atoms with Gasteiger partial charge in [0, 0.05) is 24.3 Å². The highest BCUT2D eigenvalue weighted by Crippen LogP contribution is 2.31. The van der Waals surface area contributed by atoms with Crippen LogP contribution in [0.2, 0.25) is 0 Å². The summed E-state index contributed by atoms with van der Waals surface area (Å²) in [5.74, 6) is 0. The van der Waals surface area contributed by atoms with Gasteiger partial charge in [-0.2, -0.15) is 0 Å². The minimum absolute atomic E-state index is 1.04. The van der Waals surface area contributed by atoms with E-state index < -0.39 is 0 Å². The van der Waals surface area contributed by atoms with Crippen molar-refractivity contribution in [3.05, 3.63) is 40.4 Å². The molecule has 0 unspecified atom stereocenters. The van der Waals surface area contributed by atoms with E-state index in [1.165, 1.54) is 22.4 Å². The van der Waals surface area contributed by atoms with E-state index in [1.54, 1.807) is 11.3 Å². The van der Waals surface area contributed by atoms with Crippen molar-refractivity contribution < 1.29 is 0 Å². The first-order chi connectivity index (χ1) is 7.59. The van der Waals surface area contributed by atoms with Crippen molar-refractivity contribution in [1.82, 2.24) is 4.98 Å². The summed E-state index contributed by atoms with van der Waals surface area (Å²) < 4.78 is 0. The fourth-order valence-corrected chi connectivity index (χ4v) is 2.79. The molecule has 0 aliphatic rings. The number of aryl methyl sites for hydroxylation is 3. The molecule has 1 aromatic carbocycles. The Morgan fingerprint density at radius 3 is 2.25 bits per heavy atom. The molecule has 2 rings (SSSR count). The number of nitrogens with zero attached hydrogens (tertiary/aromatic N) is 2. The van der Waals surface area contributed by atoms with E-state index in [-0.39, 0.29) is 0 Å². The van der Waals surface area contributed by atoms with Gasteiger partial charge in [0.05, 0.1) is 0 Å². The molecule has 1 heterocycles. The quantitative estimate of drug-likeness (QED) is 0.782. The lowest BCUT2D eigenvalue weighted by atomic mass is 10.0. The van der Waals surface area contributed by atoms with Crippen molar-refractivity contribution in [2.24, 2.45) is 0 Å². The van der Waals surface area contributed by atoms with E-state index in [4.69, 9.17) is 0 Å². The van der Waals surface area contributed by atoms with E-state index in [1.807, 2.05) is 11.6 Å². The zero-order valence-electron chi connectivity index (χ0n) is 10.1. The van der Waals surface area contributed by atoms with Crippen LogP contribution in [0.15, 0.2) is 23.7 Å². The Bertz CT molecular complexity index is 466. The Balaban J connectivity index is 2.48. The maximum absolute atomic E-state index is 4.34. The highest BCUT2D eigenvalue weighted by atomic mass is 32.1. The van der Waals surface area contributed by atoms with Crippen molar-refractivity contribution in [3.8, 4) is 0 Å². The van der Waals surface area contributed by atoms with Crippen LogP contribution in [-0.2, 0) is 0 Å². The Morgan fingerprint density at radius 1 is 1.12 bits per heavy atom. The zero-order chi connectivity index (χ0) is 11.7. The third kappa shape index (κ3) is 1.95. The molecule has 0 aliphatic heterocycles. The first-order valence-electron chi connectivity index (χ1n) is 5.30. The van der Waals surface area contributed by atoms with Gasteiger partial charge in [-0.25, -0.2) is 4.98 Å². The lowest BCUT2D eigenvalue weighted by Crippen LogP contribution is -2.12. The molecule has 16 heavy (non-hydrogen) atoms. The molecule has 0 N–H and O–H groups in total. The molecule has 0 radical (unpaired) electrons. The SMILES string of the molecule is Cc1cc(C)c(N(C)c2nccs2)c(C)c1. The van der Waals surface area contributed by atoms with Crippen LogP contribution in [0.4, 0.5) is 10.8 Å². The molecule has 0 amide bonds. The average molecular weight is 232 g/mol. The van der Waals surface area contributed by atoms with Crippen LogP contribution in [0.5, 0.6) is 0 Å². The van der Waals surface area contributed by atoms with E-state index in [9.17, 15) is 0 Å². The summed E-state index contributed by atoms with van der Waals surface area (Å²) in [4.78, 5) is 6.50. The minimum Gasteiger partial charge on any atom is -0.320 e. The van der Waals surface area contributed by atoms with Gasteiger partial charge < -0.3 is 4.90 Å². The summed E-state index contributed by atoms with van der Waals surface area (Å²) in [5.41, 5.74) is 5.18. The van der Waals surface area contributed by atoms with E-state index in [0.717, 1.165) is 5.13 Å². The number of rotatable bonds is 2. The summed E-state index contributed by atoms with van der Waals surface area (Å²) >= 11 is 1.66. The van der Waals surface area contributed by atoms with Gasteiger partial charge in [0.15, 0.2) is 5.13 Å². The third-order valence-corrected chi connectivity index (χ3v) is 3.52. The van der Waals surface area contributed by atoms with Gasteiger partial charge in [0.1, 0.15) is 0 Å². The van der Waals surface area contributed by atoms with Crippen LogP contribution in [0.25, 0.3) is 0 Å². The number of thiazole rings is 1. The first kappa shape index (κ1) is 11.1. The van der Waals surface area contributed by atoms with E-state index >= 15 is 0 Å². The van der Waals surface area contributed by atoms with Crippen molar-refractivity contribution >= 4 is 22.2 Å². The summed E-state index contributed by atoms with van der Waals surface area (Å²) in [6.07, 6.45) is 1.84. The lowest BCUT2D eigenvalue weighted by molar-refractivity contribution is 1.13. The number of aromatic nitrogens is 1. The molecule has 84 valence electrons. The van der Waals surface area contributed by atoms with Crippen molar-refractivity contribution in [1.29, 1.82) is 0 Å². The fourth-order valence-electron chi connectivity index (χ4n) is 2.18. The Kier molecular flexibility index (Phi) is 2.97. The summed E-state index contributed by atoms with van der Waals surface area (Å²) in [6.45, 7) is 6.44. The van der Waals surface area contributed by atoms with Gasteiger partial charge in [-0.3, -0.25) is 0 Å². The largest absolute Gasteiger partial charge is 0.320 e. The summed E-state index contributed by atoms with van der Waals surface area (Å²) in [7, 11) is 2.07. The molecule has 0 atom stereocenters. The fraction of sp³-hybridized carbons (Fsp3) is 0.308. The standard InChI is InChI=1S/C13H16N2S/c1-9-7-10(2)12(11(3)8-9)15(4)13-14-5-6-16-13/h5-8H,1-4H3. The smallest absolute Gasteiger partial charge is 0.189 e. The molecule has 1 aromatic heterocycles. The van der Waals surface area contributed by atoms with Crippen LogP contribution < -0.4 is 4.90 Å². The molecule has 0 spiro atoms. The molecule has 0 aliphatic carbocycles. The van der Waals surface area contributed by atoms with Gasteiger partial charge >= 0.3 is 0 Å². The molecular formula is C13H16N2S. The molecular weight excluding hydrogens is 216 g/mol. The molecule has 2 aromatic rings. The normalized spacial score (nSPS) is 10.5. The molecule has 2 nitrogen and oxygen atoms in total. The van der Waals surface area contributed by atoms with Gasteiger partial charge in [-0.05, 0) is 31.9 Å². The number of hydrogen-bond acceptors (Lipinski definition) is 3. The minimum atomic E-state index is 1.04. The lowest BCUT2D eigenvalue weighted by Gasteiger charge is -2.21. The van der Waals surface area contributed by atoms with E-state index in [2.05, 4.69) is 49.8 Å². The topological polar surface area (TPSA) is 16.1 Å². The Morgan fingerprint density at radius 2 is 1.75 bits per heavy atom. The average Bonchev–Trinajstić information content (AvgIpc) is 2.67. The van der Waals surface area contributed by atoms with Gasteiger partial charge in [0.25, 0.3) is 0 Å².